The molecule has 0 aliphatic carbocycles. The molecule has 1 atom stereocenters. The third kappa shape index (κ3) is 3.31. The average Bonchev–Trinajstić information content (AvgIpc) is 3.21. The summed E-state index contributed by atoms with van der Waals surface area (Å²) in [5.41, 5.74) is 6.95. The Balaban J connectivity index is 1.69. The average molecular weight is 315 g/mol. The van der Waals surface area contributed by atoms with Crippen molar-refractivity contribution in [1.29, 1.82) is 0 Å². The summed E-state index contributed by atoms with van der Waals surface area (Å²) in [5.74, 6) is -0.0983. The number of nitrogens with zero attached hydrogens (tertiary/aromatic N) is 1. The van der Waals surface area contributed by atoms with Crippen molar-refractivity contribution in [3.8, 4) is 0 Å². The number of nitrogen functional groups attached to an aromatic ring is 1. The molecule has 22 heavy (non-hydrogen) atoms. The molecule has 2 aromatic rings. The summed E-state index contributed by atoms with van der Waals surface area (Å²) < 4.78 is 0. The smallest absolute Gasteiger partial charge is 0.253 e. The Morgan fingerprint density at radius 2 is 2.00 bits per heavy atom. The highest BCUT2D eigenvalue weighted by atomic mass is 32.1. The number of nitrogens with one attached hydrogen (secondary N) is 1. The molecule has 1 aliphatic rings. The van der Waals surface area contributed by atoms with Gasteiger partial charge in [0.05, 0.1) is 11.6 Å². The minimum atomic E-state index is -0.0983. The summed E-state index contributed by atoms with van der Waals surface area (Å²) in [4.78, 5) is 16.1. The van der Waals surface area contributed by atoms with Crippen molar-refractivity contribution in [2.24, 2.45) is 0 Å². The van der Waals surface area contributed by atoms with E-state index >= 15 is 0 Å². The number of hydrogen-bond acceptors (Lipinski definition) is 4. The molecule has 5 heteroatoms. The molecular weight excluding hydrogens is 294 g/mol. The Kier molecular flexibility index (Phi) is 4.75. The van der Waals surface area contributed by atoms with Gasteiger partial charge in [0.1, 0.15) is 0 Å². The lowest BCUT2D eigenvalue weighted by atomic mass is 10.1. The van der Waals surface area contributed by atoms with E-state index in [2.05, 4.69) is 27.7 Å². The SMILES string of the molecule is Nc1ccccc1C(=O)NCC(c1cccs1)N1CCCC1. The maximum Gasteiger partial charge on any atom is 0.253 e. The van der Waals surface area contributed by atoms with Gasteiger partial charge in [-0.05, 0) is 49.5 Å². The summed E-state index contributed by atoms with van der Waals surface area (Å²) >= 11 is 1.75. The van der Waals surface area contributed by atoms with Crippen molar-refractivity contribution in [3.05, 3.63) is 52.2 Å². The zero-order chi connectivity index (χ0) is 15.4. The van der Waals surface area contributed by atoms with Gasteiger partial charge in [-0.15, -0.1) is 11.3 Å². The van der Waals surface area contributed by atoms with E-state index < -0.39 is 0 Å². The lowest BCUT2D eigenvalue weighted by Gasteiger charge is -2.27. The van der Waals surface area contributed by atoms with E-state index in [4.69, 9.17) is 5.73 Å². The van der Waals surface area contributed by atoms with Crippen LogP contribution in [0.5, 0.6) is 0 Å². The van der Waals surface area contributed by atoms with Gasteiger partial charge in [0.25, 0.3) is 5.91 Å². The molecule has 0 bridgehead atoms. The van der Waals surface area contributed by atoms with Gasteiger partial charge in [-0.3, -0.25) is 9.69 Å². The van der Waals surface area contributed by atoms with Gasteiger partial charge in [0, 0.05) is 17.1 Å². The van der Waals surface area contributed by atoms with Crippen LogP contribution < -0.4 is 11.1 Å². The first kappa shape index (κ1) is 15.1. The Morgan fingerprint density at radius 3 is 2.68 bits per heavy atom. The number of amides is 1. The third-order valence-electron chi connectivity index (χ3n) is 4.11. The maximum absolute atomic E-state index is 12.3. The minimum absolute atomic E-state index is 0.0983. The number of para-hydroxylation sites is 1. The summed E-state index contributed by atoms with van der Waals surface area (Å²) in [5, 5.41) is 5.14. The highest BCUT2D eigenvalue weighted by Crippen LogP contribution is 2.28. The molecule has 116 valence electrons. The van der Waals surface area contributed by atoms with E-state index in [0.717, 1.165) is 13.1 Å². The van der Waals surface area contributed by atoms with Crippen molar-refractivity contribution in [1.82, 2.24) is 10.2 Å². The molecule has 1 aromatic heterocycles. The molecule has 0 saturated carbocycles. The van der Waals surface area contributed by atoms with Crippen LogP contribution in [-0.2, 0) is 0 Å². The Bertz CT molecular complexity index is 621. The molecule has 1 aromatic carbocycles. The van der Waals surface area contributed by atoms with Crippen LogP contribution in [0.3, 0.4) is 0 Å². The Hall–Kier alpha value is -1.85. The molecule has 3 N–H and O–H groups in total. The van der Waals surface area contributed by atoms with Crippen LogP contribution in [0.2, 0.25) is 0 Å². The zero-order valence-electron chi connectivity index (χ0n) is 12.5. The topological polar surface area (TPSA) is 58.4 Å². The fraction of sp³-hybridized carbons (Fsp3) is 0.353. The van der Waals surface area contributed by atoms with Crippen LogP contribution in [0, 0.1) is 0 Å². The van der Waals surface area contributed by atoms with Crippen LogP contribution in [-0.4, -0.2) is 30.4 Å². The molecular formula is C17H21N3OS. The van der Waals surface area contributed by atoms with E-state index in [0.29, 0.717) is 17.8 Å². The number of rotatable bonds is 5. The lowest BCUT2D eigenvalue weighted by molar-refractivity contribution is 0.0939. The van der Waals surface area contributed by atoms with Crippen molar-refractivity contribution in [2.45, 2.75) is 18.9 Å². The highest BCUT2D eigenvalue weighted by Gasteiger charge is 2.24. The second-order valence-corrected chi connectivity index (χ2v) is 6.55. The predicted molar refractivity (Wildman–Crippen MR) is 91.1 cm³/mol. The van der Waals surface area contributed by atoms with Gasteiger partial charge in [0.2, 0.25) is 0 Å². The van der Waals surface area contributed by atoms with Gasteiger partial charge in [-0.1, -0.05) is 18.2 Å². The molecule has 4 nitrogen and oxygen atoms in total. The zero-order valence-corrected chi connectivity index (χ0v) is 13.3. The normalized spacial score (nSPS) is 16.5. The fourth-order valence-corrected chi connectivity index (χ4v) is 3.79. The van der Waals surface area contributed by atoms with Gasteiger partial charge < -0.3 is 11.1 Å². The van der Waals surface area contributed by atoms with E-state index in [1.54, 1.807) is 23.5 Å². The molecule has 0 spiro atoms. The Morgan fingerprint density at radius 1 is 1.23 bits per heavy atom. The molecule has 2 heterocycles. The van der Waals surface area contributed by atoms with E-state index in [1.807, 2.05) is 12.1 Å². The van der Waals surface area contributed by atoms with E-state index in [9.17, 15) is 4.79 Å². The second-order valence-electron chi connectivity index (χ2n) is 5.57. The van der Waals surface area contributed by atoms with Crippen LogP contribution in [0.1, 0.15) is 34.1 Å². The Labute approximate surface area is 134 Å². The number of anilines is 1. The van der Waals surface area contributed by atoms with Gasteiger partial charge >= 0.3 is 0 Å². The van der Waals surface area contributed by atoms with E-state index in [1.165, 1.54) is 17.7 Å². The first-order valence-electron chi connectivity index (χ1n) is 7.66. The number of benzene rings is 1. The van der Waals surface area contributed by atoms with Gasteiger partial charge in [-0.25, -0.2) is 0 Å². The number of nitrogens with two attached hydrogens (primary N) is 1. The number of thiophene rings is 1. The first-order chi connectivity index (χ1) is 10.8. The molecule has 0 radical (unpaired) electrons. The predicted octanol–water partition coefficient (Wildman–Crippen LogP) is 2.90. The minimum Gasteiger partial charge on any atom is -0.398 e. The number of likely N-dealkylation sites (tertiary alicyclic amines) is 1. The molecule has 1 amide bonds. The summed E-state index contributed by atoms with van der Waals surface area (Å²) in [7, 11) is 0. The lowest BCUT2D eigenvalue weighted by Crippen LogP contribution is -2.36. The third-order valence-corrected chi connectivity index (χ3v) is 5.09. The van der Waals surface area contributed by atoms with Crippen LogP contribution in [0.25, 0.3) is 0 Å². The standard InChI is InChI=1S/C17H21N3OS/c18-14-7-2-1-6-13(14)17(21)19-12-15(16-8-5-11-22-16)20-9-3-4-10-20/h1-2,5-8,11,15H,3-4,9-10,12,18H2,(H,19,21). The summed E-state index contributed by atoms with van der Waals surface area (Å²) in [6, 6.07) is 11.7. The van der Waals surface area contributed by atoms with Crippen molar-refractivity contribution >= 4 is 22.9 Å². The fourth-order valence-electron chi connectivity index (χ4n) is 2.93. The first-order valence-corrected chi connectivity index (χ1v) is 8.54. The van der Waals surface area contributed by atoms with Gasteiger partial charge in [-0.2, -0.15) is 0 Å². The maximum atomic E-state index is 12.3. The molecule has 1 saturated heterocycles. The number of hydrogen-bond donors (Lipinski definition) is 2. The second kappa shape index (κ2) is 6.94. The van der Waals surface area contributed by atoms with Crippen molar-refractivity contribution < 1.29 is 4.79 Å². The van der Waals surface area contributed by atoms with Crippen LogP contribution >= 0.6 is 11.3 Å². The van der Waals surface area contributed by atoms with Crippen molar-refractivity contribution in [2.75, 3.05) is 25.4 Å². The summed E-state index contributed by atoms with van der Waals surface area (Å²) in [6.07, 6.45) is 2.48. The van der Waals surface area contributed by atoms with Crippen LogP contribution in [0.4, 0.5) is 5.69 Å². The summed E-state index contributed by atoms with van der Waals surface area (Å²) in [6.45, 7) is 2.82. The number of carbonyl (C=O) groups excluding carboxylic acids is 1. The molecule has 3 rings (SSSR count). The van der Waals surface area contributed by atoms with E-state index in [-0.39, 0.29) is 11.9 Å². The largest absolute Gasteiger partial charge is 0.398 e. The molecule has 1 aliphatic heterocycles. The molecule has 1 unspecified atom stereocenters. The van der Waals surface area contributed by atoms with Crippen molar-refractivity contribution in [3.63, 3.8) is 0 Å². The molecule has 1 fully saturated rings. The highest BCUT2D eigenvalue weighted by molar-refractivity contribution is 7.10. The van der Waals surface area contributed by atoms with Crippen LogP contribution in [0.15, 0.2) is 41.8 Å². The van der Waals surface area contributed by atoms with Gasteiger partial charge in [0.15, 0.2) is 0 Å². The monoisotopic (exact) mass is 315 g/mol. The quantitative estimate of drug-likeness (QED) is 0.834. The number of carbonyl (C=O) groups is 1.